The van der Waals surface area contributed by atoms with E-state index in [-0.39, 0.29) is 11.3 Å². The minimum atomic E-state index is -3.09. The molecular formula is C10H10F2N4O2. The van der Waals surface area contributed by atoms with Gasteiger partial charge in [-0.15, -0.1) is 0 Å². The van der Waals surface area contributed by atoms with Gasteiger partial charge in [0.05, 0.1) is 18.0 Å². The Hall–Kier alpha value is -2.27. The lowest BCUT2D eigenvalue weighted by Crippen LogP contribution is -2.35. The molecule has 0 saturated heterocycles. The number of nitriles is 1. The molecule has 0 amide bonds. The number of hydrogen-bond acceptors (Lipinski definition) is 5. The van der Waals surface area contributed by atoms with Crippen molar-refractivity contribution >= 4 is 11.4 Å². The Kier molecular flexibility index (Phi) is 4.12. The van der Waals surface area contributed by atoms with Crippen LogP contribution in [-0.4, -0.2) is 23.9 Å². The molecular weight excluding hydrogens is 246 g/mol. The maximum atomic E-state index is 12.9. The summed E-state index contributed by atoms with van der Waals surface area (Å²) >= 11 is 0. The number of nitrogens with two attached hydrogens (primary N) is 1. The number of rotatable bonds is 5. The average Bonchev–Trinajstić information content (AvgIpc) is 2.36. The molecule has 8 heteroatoms. The van der Waals surface area contributed by atoms with Crippen LogP contribution in [-0.2, 0) is 0 Å². The van der Waals surface area contributed by atoms with E-state index in [1.54, 1.807) is 6.07 Å². The van der Waals surface area contributed by atoms with Gasteiger partial charge in [-0.1, -0.05) is 0 Å². The van der Waals surface area contributed by atoms with Crippen LogP contribution in [0.25, 0.3) is 0 Å². The second kappa shape index (κ2) is 5.37. The molecule has 0 fully saturated rings. The van der Waals surface area contributed by atoms with E-state index in [4.69, 9.17) is 11.0 Å². The van der Waals surface area contributed by atoms with Gasteiger partial charge in [0, 0.05) is 11.8 Å². The third kappa shape index (κ3) is 3.36. The largest absolute Gasteiger partial charge is 0.379 e. The smallest absolute Gasteiger partial charge is 0.289 e. The molecule has 0 aliphatic carbocycles. The van der Waals surface area contributed by atoms with E-state index in [9.17, 15) is 18.9 Å². The van der Waals surface area contributed by atoms with Crippen LogP contribution < -0.4 is 11.1 Å². The molecule has 1 rings (SSSR count). The SMILES string of the molecule is N#Cc1ccc(NCC(F)(F)CN)cc1[N+](=O)[O-]. The normalized spacial score (nSPS) is 10.8. The summed E-state index contributed by atoms with van der Waals surface area (Å²) in [5.41, 5.74) is 4.43. The molecule has 0 heterocycles. The Labute approximate surface area is 101 Å². The minimum absolute atomic E-state index is 0.129. The first-order valence-corrected chi connectivity index (χ1v) is 4.90. The summed E-state index contributed by atoms with van der Waals surface area (Å²) in [7, 11) is 0. The third-order valence-electron chi connectivity index (χ3n) is 2.16. The number of alkyl halides is 2. The monoisotopic (exact) mass is 256 g/mol. The summed E-state index contributed by atoms with van der Waals surface area (Å²) in [5, 5.41) is 21.6. The second-order valence-electron chi connectivity index (χ2n) is 3.51. The first-order chi connectivity index (χ1) is 8.39. The molecule has 0 saturated carbocycles. The quantitative estimate of drug-likeness (QED) is 0.613. The molecule has 0 aromatic heterocycles. The Morgan fingerprint density at radius 1 is 1.56 bits per heavy atom. The first-order valence-electron chi connectivity index (χ1n) is 4.90. The van der Waals surface area contributed by atoms with Crippen LogP contribution in [0.15, 0.2) is 18.2 Å². The predicted molar refractivity (Wildman–Crippen MR) is 60.3 cm³/mol. The summed E-state index contributed by atoms with van der Waals surface area (Å²) in [5.74, 6) is -3.09. The van der Waals surface area contributed by atoms with Crippen LogP contribution in [0.5, 0.6) is 0 Å². The number of halogens is 2. The summed E-state index contributed by atoms with van der Waals surface area (Å²) < 4.78 is 25.7. The van der Waals surface area contributed by atoms with Crippen molar-refractivity contribution in [1.29, 1.82) is 5.26 Å². The molecule has 6 nitrogen and oxygen atoms in total. The van der Waals surface area contributed by atoms with Gasteiger partial charge in [-0.25, -0.2) is 8.78 Å². The van der Waals surface area contributed by atoms with Gasteiger partial charge < -0.3 is 11.1 Å². The highest BCUT2D eigenvalue weighted by Crippen LogP contribution is 2.23. The topological polar surface area (TPSA) is 105 Å². The van der Waals surface area contributed by atoms with E-state index >= 15 is 0 Å². The fourth-order valence-corrected chi connectivity index (χ4v) is 1.19. The molecule has 0 unspecified atom stereocenters. The van der Waals surface area contributed by atoms with E-state index in [1.165, 1.54) is 12.1 Å². The minimum Gasteiger partial charge on any atom is -0.379 e. The van der Waals surface area contributed by atoms with Gasteiger partial charge in [0.15, 0.2) is 0 Å². The van der Waals surface area contributed by atoms with Gasteiger partial charge in [0.1, 0.15) is 11.6 Å². The Morgan fingerprint density at radius 2 is 2.22 bits per heavy atom. The summed E-state index contributed by atoms with van der Waals surface area (Å²) in [4.78, 5) is 9.90. The van der Waals surface area contributed by atoms with Crippen LogP contribution in [0.2, 0.25) is 0 Å². The number of anilines is 1. The van der Waals surface area contributed by atoms with Crippen molar-refractivity contribution in [3.63, 3.8) is 0 Å². The Balaban J connectivity index is 2.90. The number of nitro groups is 1. The molecule has 0 radical (unpaired) electrons. The zero-order valence-corrected chi connectivity index (χ0v) is 9.19. The van der Waals surface area contributed by atoms with E-state index in [0.717, 1.165) is 6.07 Å². The fraction of sp³-hybridized carbons (Fsp3) is 0.300. The van der Waals surface area contributed by atoms with Crippen molar-refractivity contribution in [1.82, 2.24) is 0 Å². The number of nitrogens with zero attached hydrogens (tertiary/aromatic N) is 2. The van der Waals surface area contributed by atoms with Gasteiger partial charge in [-0.2, -0.15) is 5.26 Å². The number of nitrogens with one attached hydrogen (secondary N) is 1. The van der Waals surface area contributed by atoms with E-state index < -0.39 is 29.6 Å². The van der Waals surface area contributed by atoms with Crippen molar-refractivity contribution in [2.45, 2.75) is 5.92 Å². The van der Waals surface area contributed by atoms with Gasteiger partial charge in [0.2, 0.25) is 0 Å². The van der Waals surface area contributed by atoms with Crippen molar-refractivity contribution < 1.29 is 13.7 Å². The third-order valence-corrected chi connectivity index (χ3v) is 2.16. The highest BCUT2D eigenvalue weighted by atomic mass is 19.3. The summed E-state index contributed by atoms with van der Waals surface area (Å²) in [6.07, 6.45) is 0. The molecule has 0 bridgehead atoms. The number of benzene rings is 1. The molecule has 3 N–H and O–H groups in total. The summed E-state index contributed by atoms with van der Waals surface area (Å²) in [6.45, 7) is -1.55. The van der Waals surface area contributed by atoms with Crippen molar-refractivity contribution in [3.8, 4) is 6.07 Å². The van der Waals surface area contributed by atoms with Gasteiger partial charge in [-0.05, 0) is 12.1 Å². The zero-order valence-electron chi connectivity index (χ0n) is 9.19. The number of nitro benzene ring substituents is 1. The van der Waals surface area contributed by atoms with Crippen LogP contribution in [0, 0.1) is 21.4 Å². The Morgan fingerprint density at radius 3 is 2.72 bits per heavy atom. The molecule has 18 heavy (non-hydrogen) atoms. The maximum absolute atomic E-state index is 12.9. The molecule has 1 aromatic rings. The lowest BCUT2D eigenvalue weighted by atomic mass is 10.1. The predicted octanol–water partition coefficient (Wildman–Crippen LogP) is 1.47. The molecule has 96 valence electrons. The van der Waals surface area contributed by atoms with Crippen LogP contribution in [0.3, 0.4) is 0 Å². The zero-order chi connectivity index (χ0) is 13.8. The fourth-order valence-electron chi connectivity index (χ4n) is 1.19. The van der Waals surface area contributed by atoms with Gasteiger partial charge in [-0.3, -0.25) is 10.1 Å². The highest BCUT2D eigenvalue weighted by molar-refractivity contribution is 5.59. The van der Waals surface area contributed by atoms with Gasteiger partial charge >= 0.3 is 0 Å². The number of hydrogen-bond donors (Lipinski definition) is 2. The Bertz CT molecular complexity index is 499. The van der Waals surface area contributed by atoms with Crippen LogP contribution in [0.4, 0.5) is 20.2 Å². The van der Waals surface area contributed by atoms with E-state index in [2.05, 4.69) is 5.32 Å². The van der Waals surface area contributed by atoms with Crippen LogP contribution >= 0.6 is 0 Å². The second-order valence-corrected chi connectivity index (χ2v) is 3.51. The van der Waals surface area contributed by atoms with Gasteiger partial charge in [0.25, 0.3) is 11.6 Å². The van der Waals surface area contributed by atoms with E-state index in [0.29, 0.717) is 0 Å². The molecule has 0 aliphatic rings. The lowest BCUT2D eigenvalue weighted by Gasteiger charge is -2.15. The molecule has 0 aliphatic heterocycles. The summed E-state index contributed by atoms with van der Waals surface area (Å²) in [6, 6.07) is 5.20. The van der Waals surface area contributed by atoms with Crippen molar-refractivity contribution in [3.05, 3.63) is 33.9 Å². The van der Waals surface area contributed by atoms with Crippen molar-refractivity contribution in [2.24, 2.45) is 5.73 Å². The average molecular weight is 256 g/mol. The van der Waals surface area contributed by atoms with Crippen molar-refractivity contribution in [2.75, 3.05) is 18.4 Å². The lowest BCUT2D eigenvalue weighted by molar-refractivity contribution is -0.385. The molecule has 1 aromatic carbocycles. The molecule has 0 atom stereocenters. The van der Waals surface area contributed by atoms with Crippen LogP contribution in [0.1, 0.15) is 5.56 Å². The highest BCUT2D eigenvalue weighted by Gasteiger charge is 2.26. The first kappa shape index (κ1) is 13.8. The van der Waals surface area contributed by atoms with E-state index in [1.807, 2.05) is 0 Å². The standard InChI is InChI=1S/C10H10F2N4O2/c11-10(12,5-14)6-15-8-2-1-7(4-13)9(3-8)16(17)18/h1-3,15H,5-6,14H2. The maximum Gasteiger partial charge on any atom is 0.289 e. The molecule has 0 spiro atoms.